The predicted octanol–water partition coefficient (Wildman–Crippen LogP) is 4.19. The third kappa shape index (κ3) is 2.85. The quantitative estimate of drug-likeness (QED) is 0.896. The second kappa shape index (κ2) is 5.72. The summed E-state index contributed by atoms with van der Waals surface area (Å²) in [7, 11) is 0. The molecule has 0 bridgehead atoms. The van der Waals surface area contributed by atoms with Crippen molar-refractivity contribution >= 4 is 5.91 Å². The summed E-state index contributed by atoms with van der Waals surface area (Å²) in [6.45, 7) is 2.01. The fourth-order valence-corrected chi connectivity index (χ4v) is 3.30. The van der Waals surface area contributed by atoms with Crippen molar-refractivity contribution < 1.29 is 4.79 Å². The fraction of sp³-hybridized carbons (Fsp3) is 0.316. The zero-order valence-corrected chi connectivity index (χ0v) is 12.4. The Morgan fingerprint density at radius 1 is 1.00 bits per heavy atom. The first kappa shape index (κ1) is 13.9. The Kier molecular flexibility index (Phi) is 3.78. The van der Waals surface area contributed by atoms with Crippen LogP contribution >= 0.6 is 0 Å². The SMILES string of the molecule is Cc1cccc(C(=O)NC2(c3ccccc3)CCCC2)c1. The van der Waals surface area contributed by atoms with Gasteiger partial charge in [0.25, 0.3) is 5.91 Å². The van der Waals surface area contributed by atoms with Crippen LogP contribution in [0.15, 0.2) is 54.6 Å². The molecule has 1 saturated carbocycles. The van der Waals surface area contributed by atoms with Crippen molar-refractivity contribution in [2.45, 2.75) is 38.1 Å². The highest BCUT2D eigenvalue weighted by molar-refractivity contribution is 5.95. The minimum absolute atomic E-state index is 0.0319. The molecule has 3 rings (SSSR count). The molecule has 0 radical (unpaired) electrons. The molecule has 1 aliphatic rings. The van der Waals surface area contributed by atoms with Crippen molar-refractivity contribution in [1.82, 2.24) is 5.32 Å². The van der Waals surface area contributed by atoms with Crippen molar-refractivity contribution in [1.29, 1.82) is 0 Å². The summed E-state index contributed by atoms with van der Waals surface area (Å²) in [5, 5.41) is 3.31. The minimum Gasteiger partial charge on any atom is -0.343 e. The summed E-state index contributed by atoms with van der Waals surface area (Å²) in [4.78, 5) is 12.6. The van der Waals surface area contributed by atoms with E-state index in [-0.39, 0.29) is 11.4 Å². The van der Waals surface area contributed by atoms with E-state index in [4.69, 9.17) is 0 Å². The topological polar surface area (TPSA) is 29.1 Å². The Hall–Kier alpha value is -2.09. The van der Waals surface area contributed by atoms with E-state index in [0.717, 1.165) is 24.0 Å². The molecular formula is C19H21NO. The molecule has 1 amide bonds. The van der Waals surface area contributed by atoms with Gasteiger partial charge in [0.05, 0.1) is 5.54 Å². The van der Waals surface area contributed by atoms with Crippen molar-refractivity contribution in [2.75, 3.05) is 0 Å². The molecule has 2 heteroatoms. The largest absolute Gasteiger partial charge is 0.343 e. The van der Waals surface area contributed by atoms with Crippen LogP contribution in [0.25, 0.3) is 0 Å². The van der Waals surface area contributed by atoms with Crippen molar-refractivity contribution in [3.63, 3.8) is 0 Å². The molecule has 108 valence electrons. The monoisotopic (exact) mass is 279 g/mol. The summed E-state index contributed by atoms with van der Waals surface area (Å²) < 4.78 is 0. The normalized spacial score (nSPS) is 16.6. The van der Waals surface area contributed by atoms with Gasteiger partial charge in [0.15, 0.2) is 0 Å². The fourth-order valence-electron chi connectivity index (χ4n) is 3.30. The summed E-state index contributed by atoms with van der Waals surface area (Å²) in [5.41, 5.74) is 2.89. The number of carbonyl (C=O) groups excluding carboxylic acids is 1. The molecular weight excluding hydrogens is 258 g/mol. The summed E-state index contributed by atoms with van der Waals surface area (Å²) in [6.07, 6.45) is 4.38. The predicted molar refractivity (Wildman–Crippen MR) is 85.2 cm³/mol. The van der Waals surface area contributed by atoms with E-state index in [1.54, 1.807) is 0 Å². The smallest absolute Gasteiger partial charge is 0.251 e. The van der Waals surface area contributed by atoms with Gasteiger partial charge in [0, 0.05) is 5.56 Å². The molecule has 1 N–H and O–H groups in total. The van der Waals surface area contributed by atoms with Gasteiger partial charge in [0.2, 0.25) is 0 Å². The van der Waals surface area contributed by atoms with E-state index in [9.17, 15) is 4.79 Å². The Morgan fingerprint density at radius 2 is 1.71 bits per heavy atom. The van der Waals surface area contributed by atoms with Crippen LogP contribution in [0, 0.1) is 6.92 Å². The number of hydrogen-bond donors (Lipinski definition) is 1. The molecule has 2 aromatic carbocycles. The molecule has 1 fully saturated rings. The molecule has 21 heavy (non-hydrogen) atoms. The summed E-state index contributed by atoms with van der Waals surface area (Å²) in [5.74, 6) is 0.0319. The van der Waals surface area contributed by atoms with E-state index < -0.39 is 0 Å². The molecule has 0 saturated heterocycles. The third-order valence-corrected chi connectivity index (χ3v) is 4.42. The third-order valence-electron chi connectivity index (χ3n) is 4.42. The lowest BCUT2D eigenvalue weighted by Gasteiger charge is -2.31. The number of rotatable bonds is 3. The number of amides is 1. The number of hydrogen-bond acceptors (Lipinski definition) is 1. The highest BCUT2D eigenvalue weighted by Gasteiger charge is 2.36. The highest BCUT2D eigenvalue weighted by atomic mass is 16.1. The van der Waals surface area contributed by atoms with Crippen LogP contribution in [0.4, 0.5) is 0 Å². The van der Waals surface area contributed by atoms with Crippen LogP contribution in [-0.2, 0) is 5.54 Å². The molecule has 2 nitrogen and oxygen atoms in total. The summed E-state index contributed by atoms with van der Waals surface area (Å²) in [6, 6.07) is 18.2. The van der Waals surface area contributed by atoms with Crippen molar-refractivity contribution in [3.8, 4) is 0 Å². The first-order valence-electron chi connectivity index (χ1n) is 7.64. The maximum atomic E-state index is 12.6. The summed E-state index contributed by atoms with van der Waals surface area (Å²) >= 11 is 0. The number of aryl methyl sites for hydroxylation is 1. The Labute approximate surface area is 126 Å². The molecule has 0 unspecified atom stereocenters. The molecule has 0 atom stereocenters. The maximum absolute atomic E-state index is 12.6. The lowest BCUT2D eigenvalue weighted by Crippen LogP contribution is -2.43. The van der Waals surface area contributed by atoms with Gasteiger partial charge in [-0.15, -0.1) is 0 Å². The Balaban J connectivity index is 1.88. The zero-order valence-electron chi connectivity index (χ0n) is 12.4. The molecule has 0 heterocycles. The molecule has 0 aromatic heterocycles. The van der Waals surface area contributed by atoms with Crippen LogP contribution in [-0.4, -0.2) is 5.91 Å². The average Bonchev–Trinajstić information content (AvgIpc) is 2.98. The van der Waals surface area contributed by atoms with E-state index >= 15 is 0 Å². The molecule has 0 aliphatic heterocycles. The first-order chi connectivity index (χ1) is 10.2. The number of carbonyl (C=O) groups is 1. The second-order valence-corrected chi connectivity index (χ2v) is 5.98. The molecule has 0 spiro atoms. The van der Waals surface area contributed by atoms with Gasteiger partial charge < -0.3 is 5.32 Å². The van der Waals surface area contributed by atoms with Crippen LogP contribution in [0.3, 0.4) is 0 Å². The van der Waals surface area contributed by atoms with Crippen molar-refractivity contribution in [2.24, 2.45) is 0 Å². The van der Waals surface area contributed by atoms with Gasteiger partial charge in [-0.1, -0.05) is 60.9 Å². The minimum atomic E-state index is -0.192. The van der Waals surface area contributed by atoms with Crippen LogP contribution in [0.2, 0.25) is 0 Å². The highest BCUT2D eigenvalue weighted by Crippen LogP contribution is 2.38. The van der Waals surface area contributed by atoms with E-state index in [0.29, 0.717) is 0 Å². The first-order valence-corrected chi connectivity index (χ1v) is 7.64. The standard InChI is InChI=1S/C19H21NO/c1-15-8-7-9-16(14-15)18(21)20-19(12-5-6-13-19)17-10-3-2-4-11-17/h2-4,7-11,14H,5-6,12-13H2,1H3,(H,20,21). The van der Waals surface area contributed by atoms with E-state index in [1.807, 2.05) is 49.4 Å². The maximum Gasteiger partial charge on any atom is 0.251 e. The average molecular weight is 279 g/mol. The van der Waals surface area contributed by atoms with Gasteiger partial charge in [-0.3, -0.25) is 4.79 Å². The molecule has 1 aliphatic carbocycles. The number of nitrogens with one attached hydrogen (secondary N) is 1. The lowest BCUT2D eigenvalue weighted by atomic mass is 9.87. The van der Waals surface area contributed by atoms with Gasteiger partial charge in [-0.05, 0) is 37.5 Å². The van der Waals surface area contributed by atoms with Crippen LogP contribution < -0.4 is 5.32 Å². The van der Waals surface area contributed by atoms with Crippen LogP contribution in [0.5, 0.6) is 0 Å². The van der Waals surface area contributed by atoms with E-state index in [2.05, 4.69) is 17.4 Å². The van der Waals surface area contributed by atoms with Crippen LogP contribution in [0.1, 0.15) is 47.2 Å². The van der Waals surface area contributed by atoms with Gasteiger partial charge in [-0.25, -0.2) is 0 Å². The second-order valence-electron chi connectivity index (χ2n) is 5.98. The number of benzene rings is 2. The Bertz CT molecular complexity index is 627. The van der Waals surface area contributed by atoms with Crippen molar-refractivity contribution in [3.05, 3.63) is 71.3 Å². The zero-order chi connectivity index (χ0) is 14.7. The lowest BCUT2D eigenvalue weighted by molar-refractivity contribution is 0.0898. The van der Waals surface area contributed by atoms with Gasteiger partial charge in [0.1, 0.15) is 0 Å². The van der Waals surface area contributed by atoms with E-state index in [1.165, 1.54) is 18.4 Å². The Morgan fingerprint density at radius 3 is 2.38 bits per heavy atom. The van der Waals surface area contributed by atoms with Gasteiger partial charge >= 0.3 is 0 Å². The van der Waals surface area contributed by atoms with Gasteiger partial charge in [-0.2, -0.15) is 0 Å². The molecule has 2 aromatic rings.